The predicted molar refractivity (Wildman–Crippen MR) is 103 cm³/mol. The fourth-order valence-corrected chi connectivity index (χ4v) is 3.22. The zero-order chi connectivity index (χ0) is 18.0. The van der Waals surface area contributed by atoms with E-state index in [-0.39, 0.29) is 0 Å². The predicted octanol–water partition coefficient (Wildman–Crippen LogP) is 4.81. The molecule has 0 fully saturated rings. The van der Waals surface area contributed by atoms with Gasteiger partial charge in [-0.3, -0.25) is 4.79 Å². The number of nitrogens with two attached hydrogens (primary N) is 1. The molecule has 0 spiro atoms. The molecule has 1 aromatic heterocycles. The average molecular weight is 332 g/mol. The maximum Gasteiger partial charge on any atom is 0.248 e. The van der Waals surface area contributed by atoms with Crippen molar-refractivity contribution in [2.24, 2.45) is 5.73 Å². The van der Waals surface area contributed by atoms with Crippen LogP contribution in [0.4, 0.5) is 0 Å². The molecule has 128 valence electrons. The molecular formula is C22H24N2O. The number of aryl methyl sites for hydroxylation is 3. The van der Waals surface area contributed by atoms with Crippen LogP contribution in [0.1, 0.15) is 40.5 Å². The fourth-order valence-electron chi connectivity index (χ4n) is 3.22. The zero-order valence-corrected chi connectivity index (χ0v) is 15.0. The van der Waals surface area contributed by atoms with Crippen LogP contribution in [0.5, 0.6) is 0 Å². The Morgan fingerprint density at radius 1 is 1.00 bits per heavy atom. The number of aromatic nitrogens is 1. The minimum atomic E-state index is -0.394. The van der Waals surface area contributed by atoms with E-state index in [4.69, 9.17) is 5.73 Å². The van der Waals surface area contributed by atoms with E-state index >= 15 is 0 Å². The number of hydrogen-bond donors (Lipinski definition) is 1. The van der Waals surface area contributed by atoms with Crippen LogP contribution in [0, 0.1) is 13.8 Å². The first-order valence-corrected chi connectivity index (χ1v) is 8.69. The van der Waals surface area contributed by atoms with E-state index in [2.05, 4.69) is 54.8 Å². The molecule has 3 aromatic rings. The normalized spacial score (nSPS) is 10.8. The van der Waals surface area contributed by atoms with Crippen molar-refractivity contribution in [3.63, 3.8) is 0 Å². The number of hydrogen-bond acceptors (Lipinski definition) is 1. The Kier molecular flexibility index (Phi) is 4.75. The third-order valence-electron chi connectivity index (χ3n) is 4.54. The van der Waals surface area contributed by atoms with Crippen molar-refractivity contribution in [2.45, 2.75) is 33.6 Å². The van der Waals surface area contributed by atoms with Crippen LogP contribution in [-0.4, -0.2) is 10.5 Å². The Morgan fingerprint density at radius 2 is 1.72 bits per heavy atom. The van der Waals surface area contributed by atoms with Crippen molar-refractivity contribution in [1.29, 1.82) is 0 Å². The fraction of sp³-hybridized carbons (Fsp3) is 0.227. The Hall–Kier alpha value is -2.81. The zero-order valence-electron chi connectivity index (χ0n) is 15.0. The minimum Gasteiger partial charge on any atom is -0.366 e. The molecule has 0 aliphatic heterocycles. The van der Waals surface area contributed by atoms with Crippen molar-refractivity contribution in [3.8, 4) is 16.9 Å². The van der Waals surface area contributed by atoms with E-state index < -0.39 is 5.91 Å². The highest BCUT2D eigenvalue weighted by molar-refractivity contribution is 5.93. The summed E-state index contributed by atoms with van der Waals surface area (Å²) in [7, 11) is 0. The van der Waals surface area contributed by atoms with Crippen molar-refractivity contribution >= 4 is 5.91 Å². The largest absolute Gasteiger partial charge is 0.366 e. The summed E-state index contributed by atoms with van der Waals surface area (Å²) in [5.41, 5.74) is 13.0. The van der Waals surface area contributed by atoms with Crippen LogP contribution in [-0.2, 0) is 6.42 Å². The van der Waals surface area contributed by atoms with Crippen LogP contribution >= 0.6 is 0 Å². The molecule has 1 heterocycles. The second-order valence-corrected chi connectivity index (χ2v) is 6.53. The van der Waals surface area contributed by atoms with E-state index in [0.29, 0.717) is 5.56 Å². The van der Waals surface area contributed by atoms with Crippen molar-refractivity contribution < 1.29 is 4.79 Å². The van der Waals surface area contributed by atoms with Crippen molar-refractivity contribution in [3.05, 3.63) is 77.0 Å². The van der Waals surface area contributed by atoms with E-state index in [1.807, 2.05) is 19.1 Å². The summed E-state index contributed by atoms with van der Waals surface area (Å²) in [5, 5.41) is 0. The number of rotatable bonds is 5. The van der Waals surface area contributed by atoms with Gasteiger partial charge < -0.3 is 10.3 Å². The monoisotopic (exact) mass is 332 g/mol. The summed E-state index contributed by atoms with van der Waals surface area (Å²) in [6.07, 6.45) is 2.08. The van der Waals surface area contributed by atoms with Crippen molar-refractivity contribution in [2.75, 3.05) is 0 Å². The summed E-state index contributed by atoms with van der Waals surface area (Å²) >= 11 is 0. The molecule has 0 aliphatic carbocycles. The molecule has 3 nitrogen and oxygen atoms in total. The molecule has 0 saturated heterocycles. The average Bonchev–Trinajstić information content (AvgIpc) is 2.99. The number of carbonyl (C=O) groups excluding carboxylic acids is 1. The van der Waals surface area contributed by atoms with E-state index in [1.165, 1.54) is 22.5 Å². The van der Waals surface area contributed by atoms with Gasteiger partial charge in [-0.2, -0.15) is 0 Å². The third-order valence-corrected chi connectivity index (χ3v) is 4.54. The van der Waals surface area contributed by atoms with E-state index in [9.17, 15) is 4.79 Å². The van der Waals surface area contributed by atoms with Gasteiger partial charge in [0, 0.05) is 16.9 Å². The topological polar surface area (TPSA) is 48.0 Å². The Bertz CT molecular complexity index is 904. The summed E-state index contributed by atoms with van der Waals surface area (Å²) in [4.78, 5) is 11.5. The smallest absolute Gasteiger partial charge is 0.248 e. The molecule has 2 N–H and O–H groups in total. The minimum absolute atomic E-state index is 0.394. The Morgan fingerprint density at radius 3 is 2.32 bits per heavy atom. The number of nitrogens with zero attached hydrogens (tertiary/aromatic N) is 1. The lowest BCUT2D eigenvalue weighted by Gasteiger charge is -2.17. The van der Waals surface area contributed by atoms with Gasteiger partial charge in [-0.25, -0.2) is 0 Å². The van der Waals surface area contributed by atoms with Crippen LogP contribution in [0.15, 0.2) is 54.6 Å². The molecule has 0 saturated carbocycles. The molecular weight excluding hydrogens is 308 g/mol. The van der Waals surface area contributed by atoms with Gasteiger partial charge in [0.05, 0.1) is 5.69 Å². The SMILES string of the molecule is CCCc1ccc(-c2ccc(C)cc2)n1-c1ccc(C(N)=O)cc1C. The standard InChI is InChI=1S/C22H24N2O/c1-4-5-19-11-13-21(17-8-6-15(2)7-9-17)24(19)20-12-10-18(22(23)25)14-16(20)3/h6-14H,4-5H2,1-3H3,(H2,23,25). The van der Waals surface area contributed by atoms with Crippen LogP contribution in [0.3, 0.4) is 0 Å². The molecule has 25 heavy (non-hydrogen) atoms. The van der Waals surface area contributed by atoms with Crippen LogP contribution in [0.2, 0.25) is 0 Å². The molecule has 0 atom stereocenters. The Labute approximate surface area is 149 Å². The van der Waals surface area contributed by atoms with E-state index in [1.54, 1.807) is 6.07 Å². The molecule has 2 aromatic carbocycles. The number of benzene rings is 2. The second-order valence-electron chi connectivity index (χ2n) is 6.53. The summed E-state index contributed by atoms with van der Waals surface area (Å²) in [6.45, 7) is 6.31. The molecule has 0 aliphatic rings. The third kappa shape index (κ3) is 3.36. The van der Waals surface area contributed by atoms with Crippen LogP contribution < -0.4 is 5.73 Å². The van der Waals surface area contributed by atoms with Gasteiger partial charge in [-0.1, -0.05) is 43.2 Å². The van der Waals surface area contributed by atoms with Gasteiger partial charge >= 0.3 is 0 Å². The quantitative estimate of drug-likeness (QED) is 0.716. The second kappa shape index (κ2) is 6.98. The Balaban J connectivity index is 2.18. The van der Waals surface area contributed by atoms with Gasteiger partial charge in [0.1, 0.15) is 0 Å². The lowest BCUT2D eigenvalue weighted by molar-refractivity contribution is 0.1000. The summed E-state index contributed by atoms with van der Waals surface area (Å²) in [5.74, 6) is -0.394. The highest BCUT2D eigenvalue weighted by Gasteiger charge is 2.14. The first-order valence-electron chi connectivity index (χ1n) is 8.69. The molecule has 3 heteroatoms. The lowest BCUT2D eigenvalue weighted by Crippen LogP contribution is -2.12. The molecule has 3 rings (SSSR count). The first-order chi connectivity index (χ1) is 12.0. The molecule has 0 unspecified atom stereocenters. The highest BCUT2D eigenvalue weighted by Crippen LogP contribution is 2.29. The van der Waals surface area contributed by atoms with Gasteiger partial charge in [-0.15, -0.1) is 0 Å². The maximum absolute atomic E-state index is 11.5. The molecule has 0 bridgehead atoms. The van der Waals surface area contributed by atoms with Gasteiger partial charge in [0.15, 0.2) is 0 Å². The highest BCUT2D eigenvalue weighted by atomic mass is 16.1. The first kappa shape index (κ1) is 17.0. The van der Waals surface area contributed by atoms with Gasteiger partial charge in [0.25, 0.3) is 0 Å². The van der Waals surface area contributed by atoms with Crippen LogP contribution in [0.25, 0.3) is 16.9 Å². The van der Waals surface area contributed by atoms with Crippen molar-refractivity contribution in [1.82, 2.24) is 4.57 Å². The summed E-state index contributed by atoms with van der Waals surface area (Å²) in [6, 6.07) is 18.6. The number of carbonyl (C=O) groups is 1. The number of amides is 1. The summed E-state index contributed by atoms with van der Waals surface area (Å²) < 4.78 is 2.30. The molecule has 1 amide bonds. The van der Waals surface area contributed by atoms with Gasteiger partial charge in [-0.05, 0) is 61.7 Å². The van der Waals surface area contributed by atoms with E-state index in [0.717, 1.165) is 24.1 Å². The molecule has 0 radical (unpaired) electrons. The maximum atomic E-state index is 11.5. The van der Waals surface area contributed by atoms with Gasteiger partial charge in [0.2, 0.25) is 5.91 Å². The number of primary amides is 1. The lowest BCUT2D eigenvalue weighted by atomic mass is 10.1.